The van der Waals surface area contributed by atoms with Gasteiger partial charge in [0.25, 0.3) is 0 Å². The van der Waals surface area contributed by atoms with E-state index in [1.165, 1.54) is 24.5 Å². The molecule has 2 aromatic carbocycles. The summed E-state index contributed by atoms with van der Waals surface area (Å²) >= 11 is 11.8. The van der Waals surface area contributed by atoms with Crippen molar-refractivity contribution in [3.8, 4) is 0 Å². The zero-order valence-corrected chi connectivity index (χ0v) is 20.9. The Labute approximate surface area is 221 Å². The highest BCUT2D eigenvalue weighted by atomic mass is 35.5. The van der Waals surface area contributed by atoms with Crippen molar-refractivity contribution >= 4 is 52.8 Å². The van der Waals surface area contributed by atoms with Gasteiger partial charge in [-0.2, -0.15) is 5.10 Å². The van der Waals surface area contributed by atoms with E-state index < -0.39 is 29.6 Å². The van der Waals surface area contributed by atoms with Crippen LogP contribution in [0.4, 0.5) is 25.0 Å². The fourth-order valence-corrected chi connectivity index (χ4v) is 4.83. The molecule has 0 bridgehead atoms. The Bertz CT molecular complexity index is 1310. The van der Waals surface area contributed by atoms with E-state index >= 15 is 8.78 Å². The first-order valence-electron chi connectivity index (χ1n) is 11.5. The Morgan fingerprint density at radius 3 is 2.65 bits per heavy atom. The van der Waals surface area contributed by atoms with Crippen molar-refractivity contribution < 1.29 is 18.3 Å². The molecule has 4 N–H and O–H groups in total. The predicted molar refractivity (Wildman–Crippen MR) is 139 cm³/mol. The van der Waals surface area contributed by atoms with E-state index in [1.807, 2.05) is 6.08 Å². The van der Waals surface area contributed by atoms with E-state index in [-0.39, 0.29) is 22.1 Å². The van der Waals surface area contributed by atoms with Crippen molar-refractivity contribution in [2.75, 3.05) is 43.5 Å². The number of hydrogen-bond acceptors (Lipinski definition) is 7. The fourth-order valence-electron chi connectivity index (χ4n) is 4.53. The molecular formula is C24H23Cl2F2N7O2. The van der Waals surface area contributed by atoms with Crippen molar-refractivity contribution in [3.63, 3.8) is 0 Å². The van der Waals surface area contributed by atoms with Crippen LogP contribution in [0.2, 0.25) is 10.0 Å². The van der Waals surface area contributed by atoms with E-state index in [9.17, 15) is 4.79 Å². The third kappa shape index (κ3) is 5.40. The molecule has 2 atom stereocenters. The van der Waals surface area contributed by atoms with Crippen LogP contribution >= 0.6 is 23.2 Å². The van der Waals surface area contributed by atoms with Crippen LogP contribution in [-0.4, -0.2) is 67.0 Å². The van der Waals surface area contributed by atoms with Gasteiger partial charge in [0.05, 0.1) is 28.9 Å². The summed E-state index contributed by atoms with van der Waals surface area (Å²) in [5.41, 5.74) is 7.07. The standard InChI is InChI=1S/C24H23Cl2F2N7O2/c25-17-2-1-13(7-18(17)26)32-24(36)33-21-10-19(27)15(9-20(21)28)16-8-14(11-34-3-5-37-6-4-34)35-22(16)23(29)30-12-31-35/h1-2,7-10,12,16,22H,3-6,11H2,(H2,29,30,31)(H2,32,33,36). The number of nitrogens with one attached hydrogen (secondary N) is 2. The SMILES string of the molecule is NC1=NC=NN2C(CN3CCOCC3)=CC(c3cc(F)c(NC(=O)Nc4ccc(Cl)c(Cl)c4)cc3F)C12. The van der Waals surface area contributed by atoms with E-state index in [1.54, 1.807) is 5.01 Å². The quantitative estimate of drug-likeness (QED) is 0.517. The van der Waals surface area contributed by atoms with Crippen molar-refractivity contribution in [1.29, 1.82) is 0 Å². The second-order valence-corrected chi connectivity index (χ2v) is 9.52. The van der Waals surface area contributed by atoms with E-state index in [0.29, 0.717) is 30.5 Å². The number of carbonyl (C=O) groups is 1. The third-order valence-electron chi connectivity index (χ3n) is 6.32. The van der Waals surface area contributed by atoms with Crippen LogP contribution in [0.5, 0.6) is 0 Å². The van der Waals surface area contributed by atoms with Crippen LogP contribution in [-0.2, 0) is 4.74 Å². The highest BCUT2D eigenvalue weighted by Crippen LogP contribution is 2.39. The molecule has 0 saturated carbocycles. The number of halogens is 4. The minimum absolute atomic E-state index is 0.0789. The Hall–Kier alpha value is -3.25. The molecule has 13 heteroatoms. The van der Waals surface area contributed by atoms with Crippen LogP contribution in [0, 0.1) is 11.6 Å². The molecule has 0 aliphatic carbocycles. The molecule has 1 fully saturated rings. The first kappa shape index (κ1) is 25.4. The molecule has 3 aliphatic rings. The van der Waals surface area contributed by atoms with Gasteiger partial charge in [-0.15, -0.1) is 0 Å². The van der Waals surface area contributed by atoms with Gasteiger partial charge in [0.1, 0.15) is 29.9 Å². The summed E-state index contributed by atoms with van der Waals surface area (Å²) in [6, 6.07) is 5.11. The van der Waals surface area contributed by atoms with Crippen LogP contribution in [0.3, 0.4) is 0 Å². The molecule has 0 aromatic heterocycles. The average molecular weight is 550 g/mol. The number of benzene rings is 2. The third-order valence-corrected chi connectivity index (χ3v) is 7.06. The highest BCUT2D eigenvalue weighted by molar-refractivity contribution is 6.42. The van der Waals surface area contributed by atoms with Gasteiger partial charge < -0.3 is 21.1 Å². The second kappa shape index (κ2) is 10.6. The maximum Gasteiger partial charge on any atom is 0.323 e. The number of carbonyl (C=O) groups excluding carboxylic acids is 1. The lowest BCUT2D eigenvalue weighted by Gasteiger charge is -2.32. The molecule has 9 nitrogen and oxygen atoms in total. The largest absolute Gasteiger partial charge is 0.385 e. The van der Waals surface area contributed by atoms with Gasteiger partial charge in [-0.3, -0.25) is 9.91 Å². The zero-order valence-electron chi connectivity index (χ0n) is 19.4. The zero-order chi connectivity index (χ0) is 26.1. The second-order valence-electron chi connectivity index (χ2n) is 8.71. The van der Waals surface area contributed by atoms with Gasteiger partial charge in [0.15, 0.2) is 0 Å². The van der Waals surface area contributed by atoms with Crippen LogP contribution in [0.1, 0.15) is 11.5 Å². The van der Waals surface area contributed by atoms with Crippen molar-refractivity contribution in [2.45, 2.75) is 12.0 Å². The van der Waals surface area contributed by atoms with E-state index in [0.717, 1.165) is 30.9 Å². The smallest absolute Gasteiger partial charge is 0.323 e. The number of fused-ring (bicyclic) bond motifs is 1. The molecule has 194 valence electrons. The molecular weight excluding hydrogens is 527 g/mol. The molecule has 2 amide bonds. The summed E-state index contributed by atoms with van der Waals surface area (Å²) < 4.78 is 35.9. The van der Waals surface area contributed by atoms with Crippen molar-refractivity contribution in [1.82, 2.24) is 9.91 Å². The van der Waals surface area contributed by atoms with Gasteiger partial charge >= 0.3 is 6.03 Å². The van der Waals surface area contributed by atoms with E-state index in [2.05, 4.69) is 25.6 Å². The van der Waals surface area contributed by atoms with Crippen molar-refractivity contribution in [2.24, 2.45) is 15.8 Å². The number of nitrogens with two attached hydrogens (primary N) is 1. The molecule has 2 unspecified atom stereocenters. The summed E-state index contributed by atoms with van der Waals surface area (Å²) in [5, 5.41) is 11.4. The Morgan fingerprint density at radius 2 is 1.89 bits per heavy atom. The number of hydrazone groups is 1. The lowest BCUT2D eigenvalue weighted by atomic mass is 9.91. The van der Waals surface area contributed by atoms with Gasteiger partial charge in [-0.25, -0.2) is 18.6 Å². The minimum Gasteiger partial charge on any atom is -0.385 e. The first-order chi connectivity index (χ1) is 17.8. The fraction of sp³-hybridized carbons (Fsp3) is 0.292. The molecule has 37 heavy (non-hydrogen) atoms. The first-order valence-corrected chi connectivity index (χ1v) is 12.2. The number of urea groups is 1. The summed E-state index contributed by atoms with van der Waals surface area (Å²) in [5.74, 6) is -1.90. The van der Waals surface area contributed by atoms with E-state index in [4.69, 9.17) is 33.7 Å². The summed E-state index contributed by atoms with van der Waals surface area (Å²) in [7, 11) is 0. The Kier molecular flexibility index (Phi) is 7.29. The number of morpholine rings is 1. The number of rotatable bonds is 5. The average Bonchev–Trinajstić information content (AvgIpc) is 3.23. The predicted octanol–water partition coefficient (Wildman–Crippen LogP) is 4.21. The molecule has 0 spiro atoms. The minimum atomic E-state index is -0.808. The van der Waals surface area contributed by atoms with Gasteiger partial charge in [-0.05, 0) is 24.3 Å². The molecule has 2 aromatic rings. The monoisotopic (exact) mass is 549 g/mol. The number of nitrogens with zero attached hydrogens (tertiary/aromatic N) is 4. The summed E-state index contributed by atoms with van der Waals surface area (Å²) in [6.45, 7) is 3.31. The lowest BCUT2D eigenvalue weighted by Crippen LogP contribution is -2.46. The molecule has 0 radical (unpaired) electrons. The van der Waals surface area contributed by atoms with Crippen LogP contribution in [0.15, 0.2) is 52.2 Å². The molecule has 1 saturated heterocycles. The van der Waals surface area contributed by atoms with Crippen molar-refractivity contribution in [3.05, 3.63) is 69.3 Å². The number of aliphatic imine (C=N–C) groups is 1. The summed E-state index contributed by atoms with van der Waals surface area (Å²) in [4.78, 5) is 18.7. The highest BCUT2D eigenvalue weighted by Gasteiger charge is 2.41. The van der Waals surface area contributed by atoms with Crippen LogP contribution < -0.4 is 16.4 Å². The molecule has 5 rings (SSSR count). The lowest BCUT2D eigenvalue weighted by molar-refractivity contribution is 0.0392. The Morgan fingerprint density at radius 1 is 1.11 bits per heavy atom. The van der Waals surface area contributed by atoms with Gasteiger partial charge in [0, 0.05) is 48.6 Å². The van der Waals surface area contributed by atoms with Gasteiger partial charge in [0.2, 0.25) is 0 Å². The number of amides is 2. The molecule has 3 heterocycles. The number of amidine groups is 1. The number of hydrogen-bond donors (Lipinski definition) is 3. The maximum absolute atomic E-state index is 15.4. The topological polar surface area (TPSA) is 108 Å². The maximum atomic E-state index is 15.4. The number of anilines is 2. The normalized spacial score (nSPS) is 21.4. The Balaban J connectivity index is 1.37. The van der Waals surface area contributed by atoms with Gasteiger partial charge in [-0.1, -0.05) is 29.3 Å². The number of ether oxygens (including phenoxy) is 1. The van der Waals surface area contributed by atoms with Crippen LogP contribution in [0.25, 0.3) is 0 Å². The summed E-state index contributed by atoms with van der Waals surface area (Å²) in [6.07, 6.45) is 3.19. The molecule has 3 aliphatic heterocycles.